The second kappa shape index (κ2) is 6.52. The van der Waals surface area contributed by atoms with Crippen molar-refractivity contribution in [2.45, 2.75) is 33.3 Å². The number of carbonyl (C=O) groups excluding carboxylic acids is 1. The van der Waals surface area contributed by atoms with E-state index in [-0.39, 0.29) is 18.4 Å². The molecule has 1 heterocycles. The molecule has 2 N–H and O–H groups in total. The summed E-state index contributed by atoms with van der Waals surface area (Å²) in [6, 6.07) is 3.33. The number of rotatable bonds is 6. The van der Waals surface area contributed by atoms with Crippen LogP contribution in [-0.4, -0.2) is 34.8 Å². The van der Waals surface area contributed by atoms with Crippen LogP contribution in [0.2, 0.25) is 0 Å². The molecule has 1 rings (SSSR count). The molecule has 0 aromatic carbocycles. The van der Waals surface area contributed by atoms with Gasteiger partial charge >= 0.3 is 0 Å². The summed E-state index contributed by atoms with van der Waals surface area (Å²) in [6.07, 6.45) is 1.58. The van der Waals surface area contributed by atoms with Gasteiger partial charge in [-0.15, -0.1) is 0 Å². The summed E-state index contributed by atoms with van der Waals surface area (Å²) in [7, 11) is 0. The molecule has 0 aliphatic rings. The van der Waals surface area contributed by atoms with Crippen LogP contribution < -0.4 is 10.1 Å². The number of hydrogen-bond donors (Lipinski definition) is 2. The van der Waals surface area contributed by atoms with Gasteiger partial charge in [-0.25, -0.2) is 4.98 Å². The van der Waals surface area contributed by atoms with E-state index in [0.29, 0.717) is 18.1 Å². The zero-order chi connectivity index (χ0) is 14.5. The van der Waals surface area contributed by atoms with Crippen molar-refractivity contribution < 1.29 is 14.6 Å². The number of ether oxygens (including phenoxy) is 1. The van der Waals surface area contributed by atoms with Crippen molar-refractivity contribution in [2.75, 3.05) is 13.2 Å². The summed E-state index contributed by atoms with van der Waals surface area (Å²) < 4.78 is 5.30. The minimum atomic E-state index is -0.941. The van der Waals surface area contributed by atoms with Gasteiger partial charge in [0.15, 0.2) is 0 Å². The molecular weight excluding hydrogens is 244 g/mol. The van der Waals surface area contributed by atoms with Crippen molar-refractivity contribution in [3.63, 3.8) is 0 Å². The number of aliphatic hydroxyl groups is 1. The molecule has 19 heavy (non-hydrogen) atoms. The van der Waals surface area contributed by atoms with Crippen molar-refractivity contribution in [2.24, 2.45) is 5.92 Å². The molecule has 0 radical (unpaired) electrons. The lowest BCUT2D eigenvalue weighted by molar-refractivity contribution is 0.0142. The zero-order valence-corrected chi connectivity index (χ0v) is 11.9. The summed E-state index contributed by atoms with van der Waals surface area (Å²) in [5.41, 5.74) is -0.562. The summed E-state index contributed by atoms with van der Waals surface area (Å²) in [5, 5.41) is 12.8. The fourth-order valence-electron chi connectivity index (χ4n) is 1.37. The first-order chi connectivity index (χ1) is 8.88. The highest BCUT2D eigenvalue weighted by Crippen LogP contribution is 2.17. The standard InChI is InChI=1S/C14H22N2O3/c1-5-19-13-11(7-6-8-15-13)12(17)16-9-14(4,18)10(2)3/h6-8,10,18H,5,9H2,1-4H3,(H,16,17). The van der Waals surface area contributed by atoms with E-state index >= 15 is 0 Å². The minimum Gasteiger partial charge on any atom is -0.477 e. The second-order valence-corrected chi connectivity index (χ2v) is 4.98. The van der Waals surface area contributed by atoms with Gasteiger partial charge in [0.05, 0.1) is 12.2 Å². The quantitative estimate of drug-likeness (QED) is 0.820. The Morgan fingerprint density at radius 3 is 2.84 bits per heavy atom. The Labute approximate surface area is 114 Å². The van der Waals surface area contributed by atoms with E-state index in [2.05, 4.69) is 10.3 Å². The van der Waals surface area contributed by atoms with Crippen molar-refractivity contribution >= 4 is 5.91 Å². The molecular formula is C14H22N2O3. The molecule has 0 aliphatic carbocycles. The van der Waals surface area contributed by atoms with Crippen molar-refractivity contribution in [3.8, 4) is 5.88 Å². The normalized spacial score (nSPS) is 14.0. The van der Waals surface area contributed by atoms with Gasteiger partial charge in [-0.3, -0.25) is 4.79 Å². The fraction of sp³-hybridized carbons (Fsp3) is 0.571. The average molecular weight is 266 g/mol. The van der Waals surface area contributed by atoms with Gasteiger partial charge in [0, 0.05) is 12.7 Å². The number of nitrogens with zero attached hydrogens (tertiary/aromatic N) is 1. The van der Waals surface area contributed by atoms with E-state index in [1.165, 1.54) is 0 Å². The Bertz CT molecular complexity index is 430. The Morgan fingerprint density at radius 1 is 1.58 bits per heavy atom. The maximum absolute atomic E-state index is 12.1. The summed E-state index contributed by atoms with van der Waals surface area (Å²) in [5.74, 6) is 0.0669. The van der Waals surface area contributed by atoms with E-state index < -0.39 is 5.60 Å². The molecule has 0 aliphatic heterocycles. The molecule has 0 saturated carbocycles. The monoisotopic (exact) mass is 266 g/mol. The van der Waals surface area contributed by atoms with Gasteiger partial charge in [-0.2, -0.15) is 0 Å². The van der Waals surface area contributed by atoms with Crippen molar-refractivity contribution in [3.05, 3.63) is 23.9 Å². The van der Waals surface area contributed by atoms with Gasteiger partial charge in [0.1, 0.15) is 5.56 Å². The number of carbonyl (C=O) groups is 1. The molecule has 5 nitrogen and oxygen atoms in total. The highest BCUT2D eigenvalue weighted by Gasteiger charge is 2.26. The van der Waals surface area contributed by atoms with E-state index in [4.69, 9.17) is 4.74 Å². The number of hydrogen-bond acceptors (Lipinski definition) is 4. The van der Waals surface area contributed by atoms with Crippen LogP contribution >= 0.6 is 0 Å². The van der Waals surface area contributed by atoms with Crippen LogP contribution in [0.3, 0.4) is 0 Å². The molecule has 0 fully saturated rings. The van der Waals surface area contributed by atoms with Crippen LogP contribution in [0.1, 0.15) is 38.1 Å². The Kier molecular flexibility index (Phi) is 5.30. The minimum absolute atomic E-state index is 0.0491. The topological polar surface area (TPSA) is 71.5 Å². The predicted molar refractivity (Wildman–Crippen MR) is 73.2 cm³/mol. The summed E-state index contributed by atoms with van der Waals surface area (Å²) >= 11 is 0. The lowest BCUT2D eigenvalue weighted by Crippen LogP contribution is -2.44. The lowest BCUT2D eigenvalue weighted by atomic mass is 9.92. The summed E-state index contributed by atoms with van der Waals surface area (Å²) in [4.78, 5) is 16.1. The average Bonchev–Trinajstić information content (AvgIpc) is 2.37. The largest absolute Gasteiger partial charge is 0.477 e. The number of aromatic nitrogens is 1. The molecule has 106 valence electrons. The molecule has 5 heteroatoms. The van der Waals surface area contributed by atoms with Crippen molar-refractivity contribution in [1.29, 1.82) is 0 Å². The Balaban J connectivity index is 2.74. The first kappa shape index (κ1) is 15.4. The Hall–Kier alpha value is -1.62. The lowest BCUT2D eigenvalue weighted by Gasteiger charge is -2.27. The van der Waals surface area contributed by atoms with E-state index in [9.17, 15) is 9.90 Å². The Morgan fingerprint density at radius 2 is 2.26 bits per heavy atom. The highest BCUT2D eigenvalue weighted by atomic mass is 16.5. The molecule has 1 atom stereocenters. The number of pyridine rings is 1. The summed E-state index contributed by atoms with van der Waals surface area (Å²) in [6.45, 7) is 7.97. The van der Waals surface area contributed by atoms with Crippen LogP contribution in [-0.2, 0) is 0 Å². The van der Waals surface area contributed by atoms with Crippen LogP contribution in [0, 0.1) is 5.92 Å². The van der Waals surface area contributed by atoms with E-state index in [1.807, 2.05) is 20.8 Å². The third-order valence-corrected chi connectivity index (χ3v) is 3.15. The first-order valence-corrected chi connectivity index (χ1v) is 6.47. The van der Waals surface area contributed by atoms with Gasteiger partial charge in [0.2, 0.25) is 5.88 Å². The predicted octanol–water partition coefficient (Wildman–Crippen LogP) is 1.62. The third-order valence-electron chi connectivity index (χ3n) is 3.15. The fourth-order valence-corrected chi connectivity index (χ4v) is 1.37. The zero-order valence-electron chi connectivity index (χ0n) is 11.9. The SMILES string of the molecule is CCOc1ncccc1C(=O)NCC(C)(O)C(C)C. The maximum Gasteiger partial charge on any atom is 0.256 e. The van der Waals surface area contributed by atoms with Crippen LogP contribution in [0.5, 0.6) is 5.88 Å². The van der Waals surface area contributed by atoms with E-state index in [0.717, 1.165) is 0 Å². The van der Waals surface area contributed by atoms with Gasteiger partial charge in [-0.1, -0.05) is 13.8 Å². The van der Waals surface area contributed by atoms with Gasteiger partial charge in [-0.05, 0) is 31.9 Å². The molecule has 1 unspecified atom stereocenters. The smallest absolute Gasteiger partial charge is 0.256 e. The van der Waals surface area contributed by atoms with E-state index in [1.54, 1.807) is 25.3 Å². The first-order valence-electron chi connectivity index (χ1n) is 6.47. The third kappa shape index (κ3) is 4.21. The second-order valence-electron chi connectivity index (χ2n) is 4.98. The van der Waals surface area contributed by atoms with Gasteiger partial charge in [0.25, 0.3) is 5.91 Å². The molecule has 0 saturated heterocycles. The molecule has 0 spiro atoms. The maximum atomic E-state index is 12.1. The van der Waals surface area contributed by atoms with Crippen LogP contribution in [0.15, 0.2) is 18.3 Å². The molecule has 1 aromatic heterocycles. The van der Waals surface area contributed by atoms with Crippen LogP contribution in [0.4, 0.5) is 0 Å². The van der Waals surface area contributed by atoms with Crippen molar-refractivity contribution in [1.82, 2.24) is 10.3 Å². The molecule has 1 aromatic rings. The number of nitrogens with one attached hydrogen (secondary N) is 1. The molecule has 1 amide bonds. The number of amides is 1. The highest BCUT2D eigenvalue weighted by molar-refractivity contribution is 5.96. The van der Waals surface area contributed by atoms with Gasteiger partial charge < -0.3 is 15.2 Å². The molecule has 0 bridgehead atoms. The van der Waals surface area contributed by atoms with Crippen LogP contribution in [0.25, 0.3) is 0 Å².